The summed E-state index contributed by atoms with van der Waals surface area (Å²) in [5, 5.41) is 3.98. The first-order valence-electron chi connectivity index (χ1n) is 13.9. The van der Waals surface area contributed by atoms with Crippen molar-refractivity contribution in [1.29, 1.82) is 0 Å². The minimum Gasteiger partial charge on any atom is -0.486 e. The summed E-state index contributed by atoms with van der Waals surface area (Å²) in [7, 11) is 0. The van der Waals surface area contributed by atoms with E-state index in [9.17, 15) is 9.59 Å². The molecule has 2 unspecified atom stereocenters. The number of hydrogen-bond acceptors (Lipinski definition) is 6. The third-order valence-corrected chi connectivity index (χ3v) is 6.94. The summed E-state index contributed by atoms with van der Waals surface area (Å²) in [6.45, 7) is 2.60. The number of rotatable bonds is 12. The Morgan fingerprint density at radius 3 is 2.21 bits per heavy atom. The lowest BCUT2D eigenvalue weighted by Gasteiger charge is -2.23. The van der Waals surface area contributed by atoms with Gasteiger partial charge in [-0.05, 0) is 42.7 Å². The molecule has 42 heavy (non-hydrogen) atoms. The van der Waals surface area contributed by atoms with Gasteiger partial charge in [0, 0.05) is 24.2 Å². The van der Waals surface area contributed by atoms with Crippen LogP contribution < -0.4 is 15.5 Å². The Labute approximate surface area is 251 Å². The molecule has 5 aromatic rings. The van der Waals surface area contributed by atoms with Gasteiger partial charge < -0.3 is 19.2 Å². The number of nitrogens with one attached hydrogen (secondary N) is 1. The van der Waals surface area contributed by atoms with Crippen LogP contribution >= 0.6 is 12.4 Å². The molecule has 0 aliphatic rings. The molecule has 0 fully saturated rings. The van der Waals surface area contributed by atoms with E-state index >= 15 is 0 Å². The van der Waals surface area contributed by atoms with Crippen LogP contribution in [0.4, 0.5) is 0 Å². The predicted molar refractivity (Wildman–Crippen MR) is 169 cm³/mol. The van der Waals surface area contributed by atoms with Crippen molar-refractivity contribution in [2.45, 2.75) is 31.9 Å². The highest BCUT2D eigenvalue weighted by molar-refractivity contribution is 5.89. The second-order valence-corrected chi connectivity index (χ2v) is 9.88. The molecule has 1 aromatic heterocycles. The average Bonchev–Trinajstić information content (AvgIpc) is 3.03. The van der Waals surface area contributed by atoms with Gasteiger partial charge in [0.05, 0.1) is 10.9 Å². The predicted octanol–water partition coefficient (Wildman–Crippen LogP) is 7.10. The molecule has 7 heteroatoms. The van der Waals surface area contributed by atoms with E-state index in [1.807, 2.05) is 54.6 Å². The van der Waals surface area contributed by atoms with Crippen molar-refractivity contribution in [1.82, 2.24) is 5.32 Å². The largest absolute Gasteiger partial charge is 0.486 e. The highest BCUT2D eigenvalue weighted by Gasteiger charge is 2.20. The standard InChI is InChI=1S/C35H33NO5.ClH/c1-2-28(21-25-13-6-3-7-14-25)36-23-29(40-35(38)27-17-10-5-11-18-27)24-39-32-20-12-19-30-31(37)22-33(41-34(30)32)26-15-8-4-9-16-26;/h3-20,22,28-29,36H,2,21,23-24H2,1H3;1H. The van der Waals surface area contributed by atoms with Crippen molar-refractivity contribution < 1.29 is 18.7 Å². The number of benzene rings is 4. The van der Waals surface area contributed by atoms with E-state index in [0.29, 0.717) is 34.6 Å². The lowest BCUT2D eigenvalue weighted by molar-refractivity contribution is 0.0170. The summed E-state index contributed by atoms with van der Waals surface area (Å²) in [5.41, 5.74) is 2.70. The van der Waals surface area contributed by atoms with E-state index < -0.39 is 12.1 Å². The van der Waals surface area contributed by atoms with E-state index in [0.717, 1.165) is 18.4 Å². The van der Waals surface area contributed by atoms with Gasteiger partial charge in [-0.25, -0.2) is 4.79 Å². The van der Waals surface area contributed by atoms with Gasteiger partial charge in [0.1, 0.15) is 18.5 Å². The zero-order chi connectivity index (χ0) is 28.4. The molecule has 0 amide bonds. The molecule has 0 bridgehead atoms. The summed E-state index contributed by atoms with van der Waals surface area (Å²) < 4.78 is 18.3. The summed E-state index contributed by atoms with van der Waals surface area (Å²) in [4.78, 5) is 25.9. The van der Waals surface area contributed by atoms with Crippen LogP contribution in [0.25, 0.3) is 22.3 Å². The number of para-hydroxylation sites is 1. The summed E-state index contributed by atoms with van der Waals surface area (Å²) >= 11 is 0. The van der Waals surface area contributed by atoms with Gasteiger partial charge in [0.25, 0.3) is 0 Å². The molecule has 0 spiro atoms. The molecular weight excluding hydrogens is 550 g/mol. The average molecular weight is 584 g/mol. The highest BCUT2D eigenvalue weighted by Crippen LogP contribution is 2.28. The number of fused-ring (bicyclic) bond motifs is 1. The van der Waals surface area contributed by atoms with Crippen molar-refractivity contribution in [2.75, 3.05) is 13.2 Å². The van der Waals surface area contributed by atoms with Crippen molar-refractivity contribution in [3.8, 4) is 17.1 Å². The molecule has 1 heterocycles. The van der Waals surface area contributed by atoms with Crippen LogP contribution in [0, 0.1) is 0 Å². The van der Waals surface area contributed by atoms with Crippen molar-refractivity contribution in [2.24, 2.45) is 0 Å². The Kier molecular flexibility index (Phi) is 10.9. The molecular formula is C35H34ClNO5. The summed E-state index contributed by atoms with van der Waals surface area (Å²) in [6.07, 6.45) is 1.17. The Bertz CT molecular complexity index is 1620. The zero-order valence-corrected chi connectivity index (χ0v) is 24.2. The normalized spacial score (nSPS) is 12.2. The molecule has 0 radical (unpaired) electrons. The Morgan fingerprint density at radius 2 is 1.52 bits per heavy atom. The van der Waals surface area contributed by atoms with Crippen molar-refractivity contribution in [3.05, 3.63) is 137 Å². The van der Waals surface area contributed by atoms with Gasteiger partial charge in [-0.3, -0.25) is 4.79 Å². The molecule has 0 aliphatic carbocycles. The van der Waals surface area contributed by atoms with Crippen LogP contribution in [0.1, 0.15) is 29.3 Å². The van der Waals surface area contributed by atoms with Crippen LogP contribution in [-0.4, -0.2) is 31.3 Å². The Hall–Kier alpha value is -4.39. The first-order valence-corrected chi connectivity index (χ1v) is 13.9. The van der Waals surface area contributed by atoms with E-state index in [1.165, 1.54) is 11.6 Å². The smallest absolute Gasteiger partial charge is 0.338 e. The first kappa shape index (κ1) is 30.6. The number of carbonyl (C=O) groups excluding carboxylic acids is 1. The fraction of sp³-hybridized carbons (Fsp3) is 0.200. The molecule has 5 rings (SSSR count). The molecule has 216 valence electrons. The van der Waals surface area contributed by atoms with Gasteiger partial charge in [-0.2, -0.15) is 0 Å². The van der Waals surface area contributed by atoms with Gasteiger partial charge in [0.15, 0.2) is 16.8 Å². The minimum atomic E-state index is -0.591. The number of ether oxygens (including phenoxy) is 2. The first-order chi connectivity index (χ1) is 20.1. The molecule has 0 saturated carbocycles. The van der Waals surface area contributed by atoms with Crippen LogP contribution in [0.5, 0.6) is 5.75 Å². The number of carbonyl (C=O) groups is 1. The molecule has 1 N–H and O–H groups in total. The van der Waals surface area contributed by atoms with E-state index in [2.05, 4.69) is 24.4 Å². The SMILES string of the molecule is CCC(Cc1ccccc1)NCC(COc1cccc2c(=O)cc(-c3ccccc3)oc12)OC(=O)c1ccccc1.Cl. The maximum absolute atomic E-state index is 13.0. The third kappa shape index (κ3) is 7.87. The summed E-state index contributed by atoms with van der Waals surface area (Å²) in [5.74, 6) is 0.446. The van der Waals surface area contributed by atoms with E-state index in [4.69, 9.17) is 13.9 Å². The Morgan fingerprint density at radius 1 is 0.857 bits per heavy atom. The fourth-order valence-electron chi connectivity index (χ4n) is 4.68. The molecule has 2 atom stereocenters. The molecule has 0 aliphatic heterocycles. The van der Waals surface area contributed by atoms with E-state index in [-0.39, 0.29) is 30.5 Å². The van der Waals surface area contributed by atoms with Gasteiger partial charge >= 0.3 is 5.97 Å². The number of halogens is 1. The van der Waals surface area contributed by atoms with Crippen molar-refractivity contribution in [3.63, 3.8) is 0 Å². The maximum atomic E-state index is 13.0. The lowest BCUT2D eigenvalue weighted by Crippen LogP contribution is -2.41. The van der Waals surface area contributed by atoms with Crippen molar-refractivity contribution >= 4 is 29.3 Å². The molecule has 6 nitrogen and oxygen atoms in total. The maximum Gasteiger partial charge on any atom is 0.338 e. The van der Waals surface area contributed by atoms with Crippen LogP contribution in [0.2, 0.25) is 0 Å². The monoisotopic (exact) mass is 583 g/mol. The number of esters is 1. The third-order valence-electron chi connectivity index (χ3n) is 6.94. The van der Waals surface area contributed by atoms with Gasteiger partial charge in [-0.15, -0.1) is 12.4 Å². The second kappa shape index (κ2) is 15.0. The highest BCUT2D eigenvalue weighted by atomic mass is 35.5. The lowest BCUT2D eigenvalue weighted by atomic mass is 10.0. The topological polar surface area (TPSA) is 77.8 Å². The van der Waals surface area contributed by atoms with Gasteiger partial charge in [0.2, 0.25) is 0 Å². The van der Waals surface area contributed by atoms with E-state index in [1.54, 1.807) is 42.5 Å². The second-order valence-electron chi connectivity index (χ2n) is 9.88. The quantitative estimate of drug-likeness (QED) is 0.158. The van der Waals surface area contributed by atoms with Crippen LogP contribution in [-0.2, 0) is 11.2 Å². The van der Waals surface area contributed by atoms with Crippen LogP contribution in [0.3, 0.4) is 0 Å². The minimum absolute atomic E-state index is 0. The van der Waals surface area contributed by atoms with Gasteiger partial charge in [-0.1, -0.05) is 91.9 Å². The number of hydrogen-bond donors (Lipinski definition) is 1. The van der Waals surface area contributed by atoms with Crippen LogP contribution in [0.15, 0.2) is 124 Å². The molecule has 4 aromatic carbocycles. The Balaban J connectivity index is 0.00000405. The summed E-state index contributed by atoms with van der Waals surface area (Å²) in [6, 6.07) is 35.6. The molecule has 0 saturated heterocycles. The fourth-order valence-corrected chi connectivity index (χ4v) is 4.68. The zero-order valence-electron chi connectivity index (χ0n) is 23.4.